The number of benzene rings is 6. The molecule has 306 valence electrons. The Bertz CT molecular complexity index is 2900. The number of fused-ring (bicyclic) bond motifs is 33. The standard InChI is InChI=1S/C57H56O3Si/c1-5-60-61(3,4)19-13-7-6-12-18-59-57-53-28-47-45-24-44(42-22-38-34-20-35(39(38)23-43(42)45)31-15-9-8-14-30(31)34)46(47)27-52(53)56(58-2)54-50-29-51(55(54)57)49-26-41-37-21-36(40(41)25-48(49)50)32-16-10-11-17-33(32)37/h8-11,14-17,22-23,25-28,34-37,44-45,50-51H,5-7,12-13,18-21,24,29H2,1-4H3/t34-,35+,36+,37-,44-,45+,50+,51-/m0/s1. The fraction of sp³-hybridized carbons (Fsp3) is 0.404. The molecule has 61 heavy (non-hydrogen) atoms. The molecule has 3 nitrogen and oxygen atoms in total. The van der Waals surface area contributed by atoms with Gasteiger partial charge in [-0.25, -0.2) is 0 Å². The van der Waals surface area contributed by atoms with E-state index < -0.39 is 8.32 Å². The molecule has 0 saturated carbocycles. The summed E-state index contributed by atoms with van der Waals surface area (Å²) in [6.07, 6.45) is 9.59. The van der Waals surface area contributed by atoms with Crippen molar-refractivity contribution in [3.63, 3.8) is 0 Å². The quantitative estimate of drug-likeness (QED) is 0.0963. The van der Waals surface area contributed by atoms with Crippen molar-refractivity contribution in [1.29, 1.82) is 0 Å². The Morgan fingerprint density at radius 3 is 1.30 bits per heavy atom. The number of rotatable bonds is 11. The van der Waals surface area contributed by atoms with Gasteiger partial charge in [-0.05, 0) is 148 Å². The molecule has 0 heterocycles. The molecule has 8 aliphatic carbocycles. The van der Waals surface area contributed by atoms with Crippen LogP contribution in [0.4, 0.5) is 0 Å². The van der Waals surface area contributed by atoms with Crippen molar-refractivity contribution in [2.75, 3.05) is 20.3 Å². The largest absolute Gasteiger partial charge is 0.496 e. The van der Waals surface area contributed by atoms with Crippen LogP contribution in [-0.4, -0.2) is 28.6 Å². The number of ether oxygens (including phenoxy) is 2. The molecule has 0 radical (unpaired) electrons. The first-order valence-corrected chi connectivity index (χ1v) is 27.0. The molecular weight excluding hydrogens is 761 g/mol. The summed E-state index contributed by atoms with van der Waals surface area (Å²) < 4.78 is 20.1. The Morgan fingerprint density at radius 1 is 0.459 bits per heavy atom. The highest BCUT2D eigenvalue weighted by Crippen LogP contribution is 2.68. The van der Waals surface area contributed by atoms with Crippen LogP contribution < -0.4 is 9.47 Å². The third-order valence-corrected chi connectivity index (χ3v) is 20.2. The van der Waals surface area contributed by atoms with Gasteiger partial charge in [0, 0.05) is 75.8 Å². The fourth-order valence-electron chi connectivity index (χ4n) is 15.2. The maximum Gasteiger partial charge on any atom is 0.186 e. The van der Waals surface area contributed by atoms with Crippen molar-refractivity contribution in [1.82, 2.24) is 0 Å². The summed E-state index contributed by atoms with van der Waals surface area (Å²) in [7, 11) is 0.388. The zero-order chi connectivity index (χ0) is 40.5. The average Bonchev–Trinajstić information content (AvgIpc) is 4.16. The first-order valence-electron chi connectivity index (χ1n) is 23.9. The first kappa shape index (κ1) is 35.9. The van der Waals surface area contributed by atoms with E-state index in [-0.39, 0.29) is 0 Å². The van der Waals surface area contributed by atoms with Gasteiger partial charge in [0.25, 0.3) is 0 Å². The molecule has 0 spiro atoms. The normalized spacial score (nSPS) is 26.3. The molecule has 0 fully saturated rings. The lowest BCUT2D eigenvalue weighted by Crippen LogP contribution is -2.29. The zero-order valence-corrected chi connectivity index (χ0v) is 37.2. The SMILES string of the molecule is CCO[Si](C)(C)CCCCCCOc1c2c(c(OC)c3cc4c(cc13)[C@@H]1C[C@H]4c3cc4c(cc31)[C@@H]1C[C@H]4c3ccccc31)[C@@H]1C[C@H]2c2cc3c(cc21)[C@@H]1C[C@H]3c2ccccc21. The summed E-state index contributed by atoms with van der Waals surface area (Å²) in [5.74, 6) is 6.07. The van der Waals surface area contributed by atoms with E-state index in [4.69, 9.17) is 13.9 Å². The van der Waals surface area contributed by atoms with Crippen LogP contribution in [0, 0.1) is 0 Å². The molecule has 0 amide bonds. The smallest absolute Gasteiger partial charge is 0.186 e. The van der Waals surface area contributed by atoms with Crippen LogP contribution >= 0.6 is 0 Å². The van der Waals surface area contributed by atoms with Crippen molar-refractivity contribution in [3.05, 3.63) is 174 Å². The van der Waals surface area contributed by atoms with Gasteiger partial charge in [-0.2, -0.15) is 0 Å². The zero-order valence-electron chi connectivity index (χ0n) is 36.2. The van der Waals surface area contributed by atoms with Crippen LogP contribution in [0.2, 0.25) is 19.1 Å². The van der Waals surface area contributed by atoms with Gasteiger partial charge in [-0.1, -0.05) is 92.1 Å². The lowest BCUT2D eigenvalue weighted by Gasteiger charge is -2.30. The monoisotopic (exact) mass is 816 g/mol. The highest BCUT2D eigenvalue weighted by atomic mass is 28.4. The predicted octanol–water partition coefficient (Wildman–Crippen LogP) is 14.0. The molecule has 0 saturated heterocycles. The van der Waals surface area contributed by atoms with Crippen LogP contribution in [-0.2, 0) is 4.43 Å². The molecule has 8 atom stereocenters. The summed E-state index contributed by atoms with van der Waals surface area (Å²) in [5, 5.41) is 2.55. The highest BCUT2D eigenvalue weighted by Gasteiger charge is 2.51. The van der Waals surface area contributed by atoms with Crippen LogP contribution in [0.1, 0.15) is 195 Å². The highest BCUT2D eigenvalue weighted by molar-refractivity contribution is 6.71. The van der Waals surface area contributed by atoms with Crippen LogP contribution in [0.3, 0.4) is 0 Å². The molecule has 8 bridgehead atoms. The summed E-state index contributed by atoms with van der Waals surface area (Å²) in [4.78, 5) is 0. The minimum absolute atomic E-state index is 0.347. The summed E-state index contributed by atoms with van der Waals surface area (Å²) in [6, 6.07) is 35.6. The maximum absolute atomic E-state index is 7.27. The molecule has 6 aromatic rings. The molecule has 0 aromatic heterocycles. The van der Waals surface area contributed by atoms with Gasteiger partial charge < -0.3 is 13.9 Å². The van der Waals surface area contributed by atoms with Gasteiger partial charge in [0.1, 0.15) is 11.5 Å². The van der Waals surface area contributed by atoms with Crippen molar-refractivity contribution in [2.45, 2.75) is 125 Å². The summed E-state index contributed by atoms with van der Waals surface area (Å²) >= 11 is 0. The van der Waals surface area contributed by atoms with Crippen molar-refractivity contribution >= 4 is 19.1 Å². The van der Waals surface area contributed by atoms with E-state index in [0.29, 0.717) is 47.3 Å². The Hall–Kier alpha value is -4.64. The van der Waals surface area contributed by atoms with E-state index in [9.17, 15) is 0 Å². The van der Waals surface area contributed by atoms with Crippen LogP contribution in [0.25, 0.3) is 10.8 Å². The van der Waals surface area contributed by atoms with Gasteiger partial charge in [-0.3, -0.25) is 0 Å². The Labute approximate surface area is 362 Å². The van der Waals surface area contributed by atoms with E-state index in [1.54, 1.807) is 66.8 Å². The first-order chi connectivity index (χ1) is 29.9. The third kappa shape index (κ3) is 4.74. The summed E-state index contributed by atoms with van der Waals surface area (Å²) in [5.41, 5.74) is 24.9. The Kier molecular flexibility index (Phi) is 7.49. The van der Waals surface area contributed by atoms with Crippen LogP contribution in [0.5, 0.6) is 11.5 Å². The number of hydrogen-bond acceptors (Lipinski definition) is 3. The van der Waals surface area contributed by atoms with E-state index in [1.165, 1.54) is 77.6 Å². The molecule has 14 rings (SSSR count). The fourth-order valence-corrected chi connectivity index (χ4v) is 17.2. The molecule has 0 N–H and O–H groups in total. The van der Waals surface area contributed by atoms with E-state index >= 15 is 0 Å². The lowest BCUT2D eigenvalue weighted by atomic mass is 9.76. The predicted molar refractivity (Wildman–Crippen MR) is 247 cm³/mol. The average molecular weight is 817 g/mol. The topological polar surface area (TPSA) is 27.7 Å². The maximum atomic E-state index is 7.27. The second kappa shape index (κ2) is 12.7. The van der Waals surface area contributed by atoms with E-state index in [0.717, 1.165) is 37.6 Å². The van der Waals surface area contributed by atoms with Gasteiger partial charge in [-0.15, -0.1) is 0 Å². The van der Waals surface area contributed by atoms with Crippen LogP contribution in [0.15, 0.2) is 84.9 Å². The van der Waals surface area contributed by atoms with Gasteiger partial charge in [0.15, 0.2) is 8.32 Å². The lowest BCUT2D eigenvalue weighted by molar-refractivity contribution is 0.303. The van der Waals surface area contributed by atoms with Gasteiger partial charge in [0.05, 0.1) is 13.7 Å². The third-order valence-electron chi connectivity index (χ3n) is 17.6. The van der Waals surface area contributed by atoms with Crippen molar-refractivity contribution < 1.29 is 13.9 Å². The molecular formula is C57H56O3Si. The Balaban J connectivity index is 0.859. The minimum Gasteiger partial charge on any atom is -0.496 e. The van der Waals surface area contributed by atoms with Crippen molar-refractivity contribution in [2.24, 2.45) is 0 Å². The molecule has 4 heteroatoms. The molecule has 6 aromatic carbocycles. The number of hydrogen-bond donors (Lipinski definition) is 0. The van der Waals surface area contributed by atoms with E-state index in [1.807, 2.05) is 7.11 Å². The van der Waals surface area contributed by atoms with E-state index in [2.05, 4.69) is 105 Å². The number of methoxy groups -OCH3 is 1. The second-order valence-corrected chi connectivity index (χ2v) is 25.1. The molecule has 0 aliphatic heterocycles. The molecule has 0 unspecified atom stereocenters. The second-order valence-electron chi connectivity index (χ2n) is 20.8. The van der Waals surface area contributed by atoms with Crippen molar-refractivity contribution in [3.8, 4) is 11.5 Å². The minimum atomic E-state index is -1.54. The number of unbranched alkanes of at least 4 members (excludes halogenated alkanes) is 3. The summed E-state index contributed by atoms with van der Waals surface area (Å²) in [6.45, 7) is 8.48. The van der Waals surface area contributed by atoms with Gasteiger partial charge >= 0.3 is 0 Å². The molecule has 8 aliphatic rings. The van der Waals surface area contributed by atoms with Gasteiger partial charge in [0.2, 0.25) is 0 Å². The Morgan fingerprint density at radius 2 is 0.836 bits per heavy atom.